The van der Waals surface area contributed by atoms with Crippen molar-refractivity contribution in [2.75, 3.05) is 0 Å². The molecule has 0 radical (unpaired) electrons. The molecule has 0 aliphatic heterocycles. The molecule has 6 N–H and O–H groups in total. The summed E-state index contributed by atoms with van der Waals surface area (Å²) in [5.41, 5.74) is 8.04. The van der Waals surface area contributed by atoms with Crippen LogP contribution in [-0.2, 0) is 0 Å². The summed E-state index contributed by atoms with van der Waals surface area (Å²) in [7, 11) is 0. The molecule has 0 aliphatic carbocycles. The fraction of sp³-hybridized carbons (Fsp3) is 1.00. The largest absolute Gasteiger partial charge is 1.00 e. The van der Waals surface area contributed by atoms with Crippen LogP contribution in [0.5, 0.6) is 0 Å². The molecule has 0 saturated carbocycles. The molecule has 0 atom stereocenters. The number of rotatable bonds is 0. The molecule has 0 heterocycles. The summed E-state index contributed by atoms with van der Waals surface area (Å²) in [5, 5.41) is 0. The van der Waals surface area contributed by atoms with Crippen LogP contribution in [0.3, 0.4) is 0 Å². The Balaban J connectivity index is -0.0000000457. The van der Waals surface area contributed by atoms with E-state index in [-0.39, 0.29) is 45.0 Å². The Morgan fingerprint density at radius 2 is 0.583 bits per heavy atom. The van der Waals surface area contributed by atoms with Crippen LogP contribution in [0, 0.1) is 0 Å². The number of hydrogen-bond acceptors (Lipinski definition) is 0. The molecule has 2 nitrogen and oxygen atoms in total. The van der Waals surface area contributed by atoms with Gasteiger partial charge in [0.05, 0.1) is 11.1 Å². The third kappa shape index (κ3) is 1370. The molecule has 0 spiro atoms. The highest BCUT2D eigenvalue weighted by atomic mass is 79.9. The van der Waals surface area contributed by atoms with E-state index in [4.69, 9.17) is 0 Å². The van der Waals surface area contributed by atoms with Gasteiger partial charge < -0.3 is 45.4 Å². The fourth-order valence-electron chi connectivity index (χ4n) is 0. The normalized spacial score (nSPS) is 10.0. The maximum absolute atomic E-state index is 3.77. The molecule has 0 amide bonds. The van der Waals surface area contributed by atoms with Gasteiger partial charge in [-0.1, -0.05) is 0 Å². The molecule has 80 valence electrons. The molecule has 0 aromatic rings. The van der Waals surface area contributed by atoms with Crippen molar-refractivity contribution in [3.05, 3.63) is 0 Å². The molecular formula is C8H24Br2N2. The average Bonchev–Trinajstić information content (AvgIpc) is 1.12. The van der Waals surface area contributed by atoms with Crippen LogP contribution in [0.15, 0.2) is 0 Å². The summed E-state index contributed by atoms with van der Waals surface area (Å²) in [6.45, 7) is 12.5. The molecule has 0 saturated heterocycles. The Labute approximate surface area is 98.0 Å². The molecule has 0 aliphatic rings. The Morgan fingerprint density at radius 1 is 0.583 bits per heavy atom. The van der Waals surface area contributed by atoms with E-state index in [0.29, 0.717) is 0 Å². The zero-order valence-electron chi connectivity index (χ0n) is 9.17. The van der Waals surface area contributed by atoms with Crippen LogP contribution >= 0.6 is 0 Å². The SMILES string of the molecule is CC(C)(C)[NH3+].CC(C)(C)[NH3+].[Br-].[Br-]. The van der Waals surface area contributed by atoms with Gasteiger partial charge in [0, 0.05) is 0 Å². The molecule has 0 rings (SSSR count). The number of quaternary nitrogens is 2. The number of hydrogen-bond donors (Lipinski definition) is 2. The summed E-state index contributed by atoms with van der Waals surface area (Å²) >= 11 is 0. The first-order valence-electron chi connectivity index (χ1n) is 3.71. The van der Waals surface area contributed by atoms with Gasteiger partial charge in [-0.25, -0.2) is 0 Å². The van der Waals surface area contributed by atoms with E-state index >= 15 is 0 Å². The smallest absolute Gasteiger partial charge is 0.0860 e. The van der Waals surface area contributed by atoms with Gasteiger partial charge in [0.2, 0.25) is 0 Å². The van der Waals surface area contributed by atoms with Crippen LogP contribution in [0.2, 0.25) is 0 Å². The summed E-state index contributed by atoms with van der Waals surface area (Å²) in [6, 6.07) is 0. The average molecular weight is 308 g/mol. The van der Waals surface area contributed by atoms with E-state index in [2.05, 4.69) is 53.0 Å². The number of halogens is 2. The molecule has 0 fully saturated rings. The van der Waals surface area contributed by atoms with Crippen LogP contribution in [0.1, 0.15) is 41.5 Å². The first kappa shape index (κ1) is 23.1. The molecule has 0 bridgehead atoms. The van der Waals surface area contributed by atoms with E-state index in [1.54, 1.807) is 0 Å². The molecule has 4 heteroatoms. The van der Waals surface area contributed by atoms with Gasteiger partial charge in [-0.15, -0.1) is 0 Å². The van der Waals surface area contributed by atoms with Gasteiger partial charge in [-0.2, -0.15) is 0 Å². The van der Waals surface area contributed by atoms with Gasteiger partial charge in [0.1, 0.15) is 0 Å². The second kappa shape index (κ2) is 8.48. The zero-order valence-corrected chi connectivity index (χ0v) is 12.3. The second-order valence-corrected chi connectivity index (χ2v) is 5.12. The lowest BCUT2D eigenvalue weighted by Crippen LogP contribution is -3.00. The summed E-state index contributed by atoms with van der Waals surface area (Å²) in [5.74, 6) is 0. The van der Waals surface area contributed by atoms with Crippen LogP contribution in [0.25, 0.3) is 0 Å². The van der Waals surface area contributed by atoms with Crippen molar-refractivity contribution in [3.63, 3.8) is 0 Å². The lowest BCUT2D eigenvalue weighted by atomic mass is 10.1. The van der Waals surface area contributed by atoms with E-state index in [9.17, 15) is 0 Å². The fourth-order valence-corrected chi connectivity index (χ4v) is 0. The van der Waals surface area contributed by atoms with Crippen LogP contribution in [0.4, 0.5) is 0 Å². The molecule has 12 heavy (non-hydrogen) atoms. The highest BCUT2D eigenvalue weighted by Gasteiger charge is 2.01. The monoisotopic (exact) mass is 306 g/mol. The lowest BCUT2D eigenvalue weighted by Gasteiger charge is -2.01. The second-order valence-electron chi connectivity index (χ2n) is 5.12. The van der Waals surface area contributed by atoms with Gasteiger partial charge in [-0.3, -0.25) is 0 Å². The summed E-state index contributed by atoms with van der Waals surface area (Å²) < 4.78 is 0. The third-order valence-electron chi connectivity index (χ3n) is 0. The minimum Gasteiger partial charge on any atom is -1.00 e. The van der Waals surface area contributed by atoms with Crippen molar-refractivity contribution in [3.8, 4) is 0 Å². The van der Waals surface area contributed by atoms with E-state index in [1.165, 1.54) is 0 Å². The maximum Gasteiger partial charge on any atom is 0.0860 e. The predicted molar refractivity (Wildman–Crippen MR) is 45.3 cm³/mol. The summed E-state index contributed by atoms with van der Waals surface area (Å²) in [6.07, 6.45) is 0. The zero-order chi connectivity index (χ0) is 9.00. The first-order chi connectivity index (χ1) is 4.00. The van der Waals surface area contributed by atoms with Gasteiger partial charge >= 0.3 is 0 Å². The van der Waals surface area contributed by atoms with Crippen LogP contribution < -0.4 is 45.4 Å². The highest BCUT2D eigenvalue weighted by molar-refractivity contribution is 4.48. The standard InChI is InChI=1S/2C4H11N.2BrH/c2*1-4(2,3)5;;/h2*5H2,1-3H3;2*1H. The molecule has 0 aromatic carbocycles. The maximum atomic E-state index is 3.77. The minimum absolute atomic E-state index is 0. The van der Waals surface area contributed by atoms with Crippen LogP contribution in [-0.4, -0.2) is 11.1 Å². The van der Waals surface area contributed by atoms with E-state index < -0.39 is 0 Å². The topological polar surface area (TPSA) is 55.3 Å². The van der Waals surface area contributed by atoms with Crippen molar-refractivity contribution in [2.45, 2.75) is 52.6 Å². The Kier molecular flexibility index (Phi) is 16.3. The Hall–Kier alpha value is 0.880. The van der Waals surface area contributed by atoms with Gasteiger partial charge in [-0.05, 0) is 41.5 Å². The lowest BCUT2D eigenvalue weighted by molar-refractivity contribution is -0.459. The quantitative estimate of drug-likeness (QED) is 0.448. The van der Waals surface area contributed by atoms with Crippen molar-refractivity contribution >= 4 is 0 Å². The van der Waals surface area contributed by atoms with Gasteiger partial charge in [0.25, 0.3) is 0 Å². The third-order valence-corrected chi connectivity index (χ3v) is 0. The molecule has 0 aromatic heterocycles. The first-order valence-corrected chi connectivity index (χ1v) is 3.71. The molecular weight excluding hydrogens is 284 g/mol. The van der Waals surface area contributed by atoms with Gasteiger partial charge in [0.15, 0.2) is 0 Å². The van der Waals surface area contributed by atoms with E-state index in [1.807, 2.05) is 0 Å². The minimum atomic E-state index is 0. The van der Waals surface area contributed by atoms with Crippen molar-refractivity contribution in [1.82, 2.24) is 0 Å². The highest BCUT2D eigenvalue weighted by Crippen LogP contribution is 1.84. The summed E-state index contributed by atoms with van der Waals surface area (Å²) in [4.78, 5) is 0. The van der Waals surface area contributed by atoms with Crippen molar-refractivity contribution < 1.29 is 45.4 Å². The Bertz CT molecular complexity index is 58.0. The van der Waals surface area contributed by atoms with Crippen molar-refractivity contribution in [2.24, 2.45) is 0 Å². The van der Waals surface area contributed by atoms with Crippen molar-refractivity contribution in [1.29, 1.82) is 0 Å². The van der Waals surface area contributed by atoms with E-state index in [0.717, 1.165) is 0 Å². The predicted octanol–water partition coefficient (Wildman–Crippen LogP) is -5.94. The Morgan fingerprint density at radius 3 is 0.583 bits per heavy atom. The molecule has 0 unspecified atom stereocenters.